The standard InChI is InChI=1S/C13H18BrNO2S/c1-10-6-8-11(9-7-10)18(16,17)15-13-5-3-2-4-12(13)14/h6-9,12-13,15H,2-5H2,1H3. The maximum Gasteiger partial charge on any atom is 0.240 e. The van der Waals surface area contributed by atoms with Crippen molar-refractivity contribution in [2.24, 2.45) is 0 Å². The fourth-order valence-corrected chi connectivity index (χ4v) is 4.41. The van der Waals surface area contributed by atoms with E-state index >= 15 is 0 Å². The van der Waals surface area contributed by atoms with Gasteiger partial charge >= 0.3 is 0 Å². The lowest BCUT2D eigenvalue weighted by Crippen LogP contribution is -2.42. The number of nitrogens with one attached hydrogen (secondary N) is 1. The molecule has 2 rings (SSSR count). The Morgan fingerprint density at radius 1 is 1.17 bits per heavy atom. The highest BCUT2D eigenvalue weighted by atomic mass is 79.9. The molecule has 3 nitrogen and oxygen atoms in total. The molecule has 0 bridgehead atoms. The number of rotatable bonds is 3. The van der Waals surface area contributed by atoms with Gasteiger partial charge in [-0.1, -0.05) is 46.5 Å². The molecule has 0 amide bonds. The molecule has 5 heteroatoms. The Kier molecular flexibility index (Phi) is 4.45. The van der Waals surface area contributed by atoms with Crippen LogP contribution >= 0.6 is 15.9 Å². The first-order valence-corrected chi connectivity index (χ1v) is 8.62. The van der Waals surface area contributed by atoms with Crippen LogP contribution in [0.3, 0.4) is 0 Å². The van der Waals surface area contributed by atoms with E-state index in [1.54, 1.807) is 12.1 Å². The van der Waals surface area contributed by atoms with E-state index in [4.69, 9.17) is 0 Å². The van der Waals surface area contributed by atoms with Crippen LogP contribution in [0.2, 0.25) is 0 Å². The molecule has 1 fully saturated rings. The molecule has 1 aromatic rings. The van der Waals surface area contributed by atoms with Crippen molar-refractivity contribution in [3.05, 3.63) is 29.8 Å². The Hall–Kier alpha value is -0.390. The molecule has 0 radical (unpaired) electrons. The van der Waals surface area contributed by atoms with Crippen molar-refractivity contribution in [2.45, 2.75) is 48.4 Å². The summed E-state index contributed by atoms with van der Waals surface area (Å²) in [5.41, 5.74) is 1.06. The second kappa shape index (κ2) is 5.72. The summed E-state index contributed by atoms with van der Waals surface area (Å²) in [6.45, 7) is 1.94. The van der Waals surface area contributed by atoms with Gasteiger partial charge in [0.25, 0.3) is 0 Å². The van der Waals surface area contributed by atoms with Crippen molar-refractivity contribution < 1.29 is 8.42 Å². The van der Waals surface area contributed by atoms with Gasteiger partial charge in [0.2, 0.25) is 10.0 Å². The number of halogens is 1. The summed E-state index contributed by atoms with van der Waals surface area (Å²) < 4.78 is 27.3. The van der Waals surface area contributed by atoms with Gasteiger partial charge < -0.3 is 0 Å². The normalized spacial score (nSPS) is 25.0. The lowest BCUT2D eigenvalue weighted by molar-refractivity contribution is 0.427. The average Bonchev–Trinajstić information content (AvgIpc) is 2.32. The monoisotopic (exact) mass is 331 g/mol. The van der Waals surface area contributed by atoms with E-state index in [1.165, 1.54) is 6.42 Å². The van der Waals surface area contributed by atoms with Crippen LogP contribution < -0.4 is 4.72 Å². The van der Waals surface area contributed by atoms with Crippen molar-refractivity contribution >= 4 is 26.0 Å². The first-order chi connectivity index (χ1) is 8.49. The number of sulfonamides is 1. The SMILES string of the molecule is Cc1ccc(S(=O)(=O)NC2CCCCC2Br)cc1. The maximum atomic E-state index is 12.2. The van der Waals surface area contributed by atoms with Crippen LogP contribution in [-0.4, -0.2) is 19.3 Å². The maximum absolute atomic E-state index is 12.2. The van der Waals surface area contributed by atoms with Crippen molar-refractivity contribution in [1.82, 2.24) is 4.72 Å². The van der Waals surface area contributed by atoms with Crippen LogP contribution in [0.15, 0.2) is 29.2 Å². The zero-order valence-corrected chi connectivity index (χ0v) is 12.8. The Bertz CT molecular complexity index is 498. The molecule has 2 unspecified atom stereocenters. The van der Waals surface area contributed by atoms with Crippen LogP contribution in [-0.2, 0) is 10.0 Å². The first-order valence-electron chi connectivity index (χ1n) is 6.22. The molecule has 100 valence electrons. The topological polar surface area (TPSA) is 46.2 Å². The molecule has 18 heavy (non-hydrogen) atoms. The Balaban J connectivity index is 2.13. The molecular formula is C13H18BrNO2S. The summed E-state index contributed by atoms with van der Waals surface area (Å²) in [6, 6.07) is 6.96. The second-order valence-electron chi connectivity index (χ2n) is 4.84. The van der Waals surface area contributed by atoms with Gasteiger partial charge in [-0.3, -0.25) is 0 Å². The van der Waals surface area contributed by atoms with Crippen LogP contribution in [0.25, 0.3) is 0 Å². The van der Waals surface area contributed by atoms with Gasteiger partial charge in [-0.2, -0.15) is 0 Å². The number of aryl methyl sites for hydroxylation is 1. The molecule has 1 aliphatic rings. The molecule has 0 spiro atoms. The quantitative estimate of drug-likeness (QED) is 0.865. The van der Waals surface area contributed by atoms with Gasteiger partial charge in [-0.25, -0.2) is 13.1 Å². The van der Waals surface area contributed by atoms with Crippen LogP contribution in [0.5, 0.6) is 0 Å². The van der Waals surface area contributed by atoms with E-state index in [1.807, 2.05) is 19.1 Å². The largest absolute Gasteiger partial charge is 0.240 e. The predicted molar refractivity (Wildman–Crippen MR) is 76.5 cm³/mol. The lowest BCUT2D eigenvalue weighted by atomic mass is 9.96. The fourth-order valence-electron chi connectivity index (χ4n) is 2.20. The molecule has 0 saturated heterocycles. The van der Waals surface area contributed by atoms with Crippen LogP contribution in [0, 0.1) is 6.92 Å². The molecule has 2 atom stereocenters. The third kappa shape index (κ3) is 3.33. The van der Waals surface area contributed by atoms with Gasteiger partial charge in [0, 0.05) is 10.9 Å². The number of hydrogen-bond donors (Lipinski definition) is 1. The third-order valence-electron chi connectivity index (χ3n) is 3.32. The van der Waals surface area contributed by atoms with Crippen LogP contribution in [0.4, 0.5) is 0 Å². The highest BCUT2D eigenvalue weighted by Gasteiger charge is 2.27. The van der Waals surface area contributed by atoms with Crippen molar-refractivity contribution in [3.63, 3.8) is 0 Å². The molecule has 0 aromatic heterocycles. The molecular weight excluding hydrogens is 314 g/mol. The first kappa shape index (κ1) is 14.0. The van der Waals surface area contributed by atoms with E-state index in [2.05, 4.69) is 20.7 Å². The zero-order chi connectivity index (χ0) is 13.2. The summed E-state index contributed by atoms with van der Waals surface area (Å²) in [7, 11) is -3.39. The fraction of sp³-hybridized carbons (Fsp3) is 0.538. The van der Waals surface area contributed by atoms with Gasteiger partial charge in [0.1, 0.15) is 0 Å². The molecule has 0 aliphatic heterocycles. The minimum absolute atomic E-state index is 0.00468. The van der Waals surface area contributed by atoms with E-state index in [9.17, 15) is 8.42 Å². The third-order valence-corrected chi connectivity index (χ3v) is 5.92. The Labute approximate surface area is 117 Å². The summed E-state index contributed by atoms with van der Waals surface area (Å²) in [4.78, 5) is 0.588. The van der Waals surface area contributed by atoms with Gasteiger partial charge in [-0.05, 0) is 31.9 Å². The second-order valence-corrected chi connectivity index (χ2v) is 7.73. The molecule has 1 aliphatic carbocycles. The highest BCUT2D eigenvalue weighted by molar-refractivity contribution is 9.09. The Morgan fingerprint density at radius 3 is 2.39 bits per heavy atom. The van der Waals surface area contributed by atoms with Gasteiger partial charge in [0.05, 0.1) is 4.90 Å². The zero-order valence-electron chi connectivity index (χ0n) is 10.4. The summed E-state index contributed by atoms with van der Waals surface area (Å²) >= 11 is 3.56. The highest BCUT2D eigenvalue weighted by Crippen LogP contribution is 2.25. The molecule has 1 aromatic carbocycles. The molecule has 0 heterocycles. The number of hydrogen-bond acceptors (Lipinski definition) is 2. The van der Waals surface area contributed by atoms with Crippen molar-refractivity contribution in [1.29, 1.82) is 0 Å². The van der Waals surface area contributed by atoms with E-state index < -0.39 is 10.0 Å². The average molecular weight is 332 g/mol. The molecule has 1 N–H and O–H groups in total. The minimum Gasteiger partial charge on any atom is -0.207 e. The van der Waals surface area contributed by atoms with Crippen molar-refractivity contribution in [2.75, 3.05) is 0 Å². The van der Waals surface area contributed by atoms with E-state index in [-0.39, 0.29) is 10.9 Å². The lowest BCUT2D eigenvalue weighted by Gasteiger charge is -2.27. The van der Waals surface area contributed by atoms with Gasteiger partial charge in [-0.15, -0.1) is 0 Å². The summed E-state index contributed by atoms with van der Waals surface area (Å²) in [6.07, 6.45) is 4.18. The van der Waals surface area contributed by atoms with E-state index in [0.29, 0.717) is 4.90 Å². The summed E-state index contributed by atoms with van der Waals surface area (Å²) in [5.74, 6) is 0. The van der Waals surface area contributed by atoms with Crippen molar-refractivity contribution in [3.8, 4) is 0 Å². The predicted octanol–water partition coefficient (Wildman–Crippen LogP) is 2.98. The number of alkyl halides is 1. The minimum atomic E-state index is -3.39. The van der Waals surface area contributed by atoms with E-state index in [0.717, 1.165) is 24.8 Å². The summed E-state index contributed by atoms with van der Waals surface area (Å²) in [5, 5.41) is 0. The van der Waals surface area contributed by atoms with Gasteiger partial charge in [0.15, 0.2) is 0 Å². The van der Waals surface area contributed by atoms with Crippen LogP contribution in [0.1, 0.15) is 31.2 Å². The Morgan fingerprint density at radius 2 is 1.78 bits per heavy atom. The smallest absolute Gasteiger partial charge is 0.207 e. The number of benzene rings is 1. The molecule has 1 saturated carbocycles.